The average Bonchev–Trinajstić information content (AvgIpc) is 2.87. The number of carbonyl (C=O) groups excluding carboxylic acids is 2. The number of pyridine rings is 1. The minimum atomic E-state index is -0.527. The van der Waals surface area contributed by atoms with Crippen LogP contribution in [0.25, 0.3) is 11.1 Å². The highest BCUT2D eigenvalue weighted by Gasteiger charge is 2.30. The van der Waals surface area contributed by atoms with Crippen molar-refractivity contribution >= 4 is 23.6 Å². The molecular weight excluding hydrogens is 519 g/mol. The van der Waals surface area contributed by atoms with E-state index in [1.54, 1.807) is 29.2 Å². The van der Waals surface area contributed by atoms with Gasteiger partial charge in [0.15, 0.2) is 0 Å². The topological polar surface area (TPSA) is 74.8 Å². The summed E-state index contributed by atoms with van der Waals surface area (Å²) < 4.78 is 20.4. The van der Waals surface area contributed by atoms with E-state index in [4.69, 9.17) is 16.3 Å². The SMILES string of the molecule is C[C@H]1CN(Cc2cccc(-c3cc(CNC(=O)c4ccc(Cl)nc4)ccc3F)c2)CCN1C(=O)OC(C)(C)C. The molecule has 0 spiro atoms. The number of benzene rings is 2. The maximum absolute atomic E-state index is 14.9. The summed E-state index contributed by atoms with van der Waals surface area (Å²) in [6.07, 6.45) is 1.13. The monoisotopic (exact) mass is 552 g/mol. The largest absolute Gasteiger partial charge is 0.444 e. The highest BCUT2D eigenvalue weighted by atomic mass is 35.5. The van der Waals surface area contributed by atoms with Gasteiger partial charge in [0.2, 0.25) is 0 Å². The minimum Gasteiger partial charge on any atom is -0.444 e. The molecular formula is C30H34ClFN4O3. The molecule has 0 saturated carbocycles. The molecule has 0 aliphatic carbocycles. The molecule has 0 radical (unpaired) electrons. The summed E-state index contributed by atoms with van der Waals surface area (Å²) in [5.41, 5.74) is 2.94. The highest BCUT2D eigenvalue weighted by Crippen LogP contribution is 2.26. The third-order valence-corrected chi connectivity index (χ3v) is 6.68. The molecule has 2 aromatic carbocycles. The molecule has 1 aromatic heterocycles. The zero-order valence-electron chi connectivity index (χ0n) is 22.7. The first-order chi connectivity index (χ1) is 18.5. The lowest BCUT2D eigenvalue weighted by molar-refractivity contribution is 0.000554. The molecule has 1 atom stereocenters. The van der Waals surface area contributed by atoms with Gasteiger partial charge in [-0.1, -0.05) is 35.9 Å². The minimum absolute atomic E-state index is 0.0183. The Labute approximate surface area is 233 Å². The summed E-state index contributed by atoms with van der Waals surface area (Å²) in [6.45, 7) is 10.6. The predicted molar refractivity (Wildman–Crippen MR) is 150 cm³/mol. The molecule has 7 nitrogen and oxygen atoms in total. The number of nitrogens with zero attached hydrogens (tertiary/aromatic N) is 3. The van der Waals surface area contributed by atoms with Crippen molar-refractivity contribution in [3.05, 3.63) is 88.5 Å². The van der Waals surface area contributed by atoms with Gasteiger partial charge in [-0.3, -0.25) is 9.69 Å². The molecule has 2 amide bonds. The van der Waals surface area contributed by atoms with Crippen LogP contribution < -0.4 is 5.32 Å². The van der Waals surface area contributed by atoms with Crippen molar-refractivity contribution < 1.29 is 18.7 Å². The zero-order chi connectivity index (χ0) is 28.2. The van der Waals surface area contributed by atoms with Crippen LogP contribution in [0.2, 0.25) is 5.15 Å². The average molecular weight is 553 g/mol. The first-order valence-electron chi connectivity index (χ1n) is 13.0. The molecule has 1 fully saturated rings. The van der Waals surface area contributed by atoms with E-state index in [9.17, 15) is 14.0 Å². The Morgan fingerprint density at radius 2 is 1.90 bits per heavy atom. The Hall–Kier alpha value is -3.49. The third kappa shape index (κ3) is 7.77. The molecule has 39 heavy (non-hydrogen) atoms. The molecule has 206 valence electrons. The second-order valence-corrected chi connectivity index (χ2v) is 11.2. The van der Waals surface area contributed by atoms with E-state index in [1.165, 1.54) is 12.3 Å². The van der Waals surface area contributed by atoms with E-state index in [0.29, 0.717) is 29.4 Å². The van der Waals surface area contributed by atoms with E-state index in [-0.39, 0.29) is 30.4 Å². The number of piperazine rings is 1. The third-order valence-electron chi connectivity index (χ3n) is 6.46. The normalized spacial score (nSPS) is 16.2. The van der Waals surface area contributed by atoms with Crippen molar-refractivity contribution in [2.75, 3.05) is 19.6 Å². The first-order valence-corrected chi connectivity index (χ1v) is 13.4. The van der Waals surface area contributed by atoms with Crippen molar-refractivity contribution in [2.45, 2.75) is 52.4 Å². The maximum atomic E-state index is 14.9. The number of aromatic nitrogens is 1. The van der Waals surface area contributed by atoms with Crippen molar-refractivity contribution in [3.8, 4) is 11.1 Å². The number of hydrogen-bond donors (Lipinski definition) is 1. The Morgan fingerprint density at radius 3 is 2.59 bits per heavy atom. The maximum Gasteiger partial charge on any atom is 0.410 e. The van der Waals surface area contributed by atoms with Crippen LogP contribution in [0.1, 0.15) is 49.2 Å². The van der Waals surface area contributed by atoms with Crippen LogP contribution in [0, 0.1) is 5.82 Å². The summed E-state index contributed by atoms with van der Waals surface area (Å²) in [6, 6.07) is 15.8. The van der Waals surface area contributed by atoms with Crippen LogP contribution in [0.15, 0.2) is 60.8 Å². The van der Waals surface area contributed by atoms with Crippen molar-refractivity contribution in [2.24, 2.45) is 0 Å². The van der Waals surface area contributed by atoms with Crippen molar-refractivity contribution in [1.29, 1.82) is 0 Å². The van der Waals surface area contributed by atoms with Crippen molar-refractivity contribution in [1.82, 2.24) is 20.1 Å². The van der Waals surface area contributed by atoms with E-state index < -0.39 is 5.60 Å². The fraction of sp³-hybridized carbons (Fsp3) is 0.367. The lowest BCUT2D eigenvalue weighted by atomic mass is 10.00. The fourth-order valence-electron chi connectivity index (χ4n) is 4.56. The number of hydrogen-bond acceptors (Lipinski definition) is 5. The lowest BCUT2D eigenvalue weighted by Gasteiger charge is -2.40. The standard InChI is InChI=1S/C30H34ClFN4O3/c1-20-18-35(12-13-36(20)29(38)39-30(2,3)4)19-22-6-5-7-23(14-22)25-15-21(8-10-26(25)32)16-34-28(37)24-9-11-27(31)33-17-24/h5-11,14-15,17,20H,12-13,16,18-19H2,1-4H3,(H,34,37)/t20-/m0/s1. The van der Waals surface area contributed by atoms with Gasteiger partial charge in [0.05, 0.1) is 5.56 Å². The van der Waals surface area contributed by atoms with Gasteiger partial charge < -0.3 is 15.0 Å². The van der Waals surface area contributed by atoms with E-state index in [1.807, 2.05) is 52.0 Å². The number of ether oxygens (including phenoxy) is 1. The number of nitrogens with one attached hydrogen (secondary N) is 1. The Morgan fingerprint density at radius 1 is 1.10 bits per heavy atom. The summed E-state index contributed by atoms with van der Waals surface area (Å²) in [5, 5.41) is 3.15. The van der Waals surface area contributed by atoms with Gasteiger partial charge in [-0.25, -0.2) is 14.2 Å². The van der Waals surface area contributed by atoms with Crippen LogP contribution in [0.3, 0.4) is 0 Å². The molecule has 0 unspecified atom stereocenters. The van der Waals surface area contributed by atoms with Crippen LogP contribution in [0.4, 0.5) is 9.18 Å². The predicted octanol–water partition coefficient (Wildman–Crippen LogP) is 5.91. The molecule has 2 heterocycles. The number of halogens is 2. The second kappa shape index (κ2) is 12.1. The summed E-state index contributed by atoms with van der Waals surface area (Å²) in [7, 11) is 0. The summed E-state index contributed by atoms with van der Waals surface area (Å²) >= 11 is 5.79. The van der Waals surface area contributed by atoms with Crippen LogP contribution in [-0.4, -0.2) is 58.1 Å². The molecule has 3 aromatic rings. The number of carbonyl (C=O) groups is 2. The highest BCUT2D eigenvalue weighted by molar-refractivity contribution is 6.29. The Bertz CT molecular complexity index is 1330. The van der Waals surface area contributed by atoms with Gasteiger partial charge in [-0.2, -0.15) is 0 Å². The molecule has 0 bridgehead atoms. The second-order valence-electron chi connectivity index (χ2n) is 10.8. The summed E-state index contributed by atoms with van der Waals surface area (Å²) in [5.74, 6) is -0.614. The molecule has 1 aliphatic rings. The summed E-state index contributed by atoms with van der Waals surface area (Å²) in [4.78, 5) is 33.0. The van der Waals surface area contributed by atoms with Gasteiger partial charge in [0.1, 0.15) is 16.6 Å². The Kier molecular flexibility index (Phi) is 8.87. The van der Waals surface area contributed by atoms with E-state index in [0.717, 1.165) is 29.8 Å². The Balaban J connectivity index is 1.40. The smallest absolute Gasteiger partial charge is 0.410 e. The molecule has 1 saturated heterocycles. The fourth-order valence-corrected chi connectivity index (χ4v) is 4.67. The quantitative estimate of drug-likeness (QED) is 0.385. The molecule has 4 rings (SSSR count). The van der Waals surface area contributed by atoms with E-state index >= 15 is 0 Å². The van der Waals surface area contributed by atoms with Crippen LogP contribution in [-0.2, 0) is 17.8 Å². The zero-order valence-corrected chi connectivity index (χ0v) is 23.5. The molecule has 1 N–H and O–H groups in total. The van der Waals surface area contributed by atoms with Crippen LogP contribution in [0.5, 0.6) is 0 Å². The number of amides is 2. The van der Waals surface area contributed by atoms with Gasteiger partial charge in [0.25, 0.3) is 5.91 Å². The van der Waals surface area contributed by atoms with Crippen molar-refractivity contribution in [3.63, 3.8) is 0 Å². The van der Waals surface area contributed by atoms with Gasteiger partial charge in [0, 0.05) is 50.5 Å². The molecule has 9 heteroatoms. The van der Waals surface area contributed by atoms with Gasteiger partial charge >= 0.3 is 6.09 Å². The first kappa shape index (κ1) is 28.5. The van der Waals surface area contributed by atoms with Gasteiger partial charge in [-0.05, 0) is 74.7 Å². The van der Waals surface area contributed by atoms with Gasteiger partial charge in [-0.15, -0.1) is 0 Å². The van der Waals surface area contributed by atoms with Crippen LogP contribution >= 0.6 is 11.6 Å². The molecule has 1 aliphatic heterocycles. The number of rotatable bonds is 6. The van der Waals surface area contributed by atoms with E-state index in [2.05, 4.69) is 15.2 Å². The lowest BCUT2D eigenvalue weighted by Crippen LogP contribution is -2.54.